The Bertz CT molecular complexity index is 737. The summed E-state index contributed by atoms with van der Waals surface area (Å²) in [7, 11) is 0. The average Bonchev–Trinajstić information content (AvgIpc) is 2.83. The van der Waals surface area contributed by atoms with Gasteiger partial charge in [-0.25, -0.2) is 9.48 Å². The largest absolute Gasteiger partial charge is 0.478 e. The third kappa shape index (κ3) is 2.03. The molecule has 3 aromatic rings. The SMILES string of the molecule is O=C(O)c1cccc2nnn(Cc3cccnc3)c12. The van der Waals surface area contributed by atoms with Crippen LogP contribution in [-0.2, 0) is 6.54 Å². The fraction of sp³-hybridized carbons (Fsp3) is 0.0769. The first-order valence-electron chi connectivity index (χ1n) is 5.70. The van der Waals surface area contributed by atoms with Gasteiger partial charge in [-0.3, -0.25) is 4.98 Å². The van der Waals surface area contributed by atoms with Gasteiger partial charge in [-0.1, -0.05) is 17.3 Å². The summed E-state index contributed by atoms with van der Waals surface area (Å²) >= 11 is 0. The van der Waals surface area contributed by atoms with Gasteiger partial charge in [0.05, 0.1) is 12.1 Å². The second-order valence-electron chi connectivity index (χ2n) is 4.09. The minimum Gasteiger partial charge on any atom is -0.478 e. The van der Waals surface area contributed by atoms with Crippen LogP contribution >= 0.6 is 0 Å². The number of para-hydroxylation sites is 1. The van der Waals surface area contributed by atoms with Gasteiger partial charge in [0.25, 0.3) is 0 Å². The molecular formula is C13H10N4O2. The van der Waals surface area contributed by atoms with E-state index in [9.17, 15) is 9.90 Å². The number of carboxylic acid groups (broad SMARTS) is 1. The zero-order valence-corrected chi connectivity index (χ0v) is 9.89. The maximum absolute atomic E-state index is 11.2. The number of benzene rings is 1. The fourth-order valence-corrected chi connectivity index (χ4v) is 1.98. The molecule has 6 heteroatoms. The maximum atomic E-state index is 11.2. The zero-order chi connectivity index (χ0) is 13.2. The lowest BCUT2D eigenvalue weighted by Crippen LogP contribution is -2.06. The molecule has 0 radical (unpaired) electrons. The summed E-state index contributed by atoms with van der Waals surface area (Å²) in [6.45, 7) is 0.439. The Hall–Kier alpha value is -2.76. The molecule has 2 heterocycles. The molecular weight excluding hydrogens is 244 g/mol. The smallest absolute Gasteiger partial charge is 0.337 e. The van der Waals surface area contributed by atoms with Crippen LogP contribution in [0.5, 0.6) is 0 Å². The van der Waals surface area contributed by atoms with Crippen LogP contribution < -0.4 is 0 Å². The molecule has 3 rings (SSSR count). The van der Waals surface area contributed by atoms with Crippen LogP contribution in [0.4, 0.5) is 0 Å². The molecule has 0 bridgehead atoms. The van der Waals surface area contributed by atoms with Crippen molar-refractivity contribution in [2.75, 3.05) is 0 Å². The number of carbonyl (C=O) groups is 1. The molecule has 1 N–H and O–H groups in total. The topological polar surface area (TPSA) is 80.9 Å². The van der Waals surface area contributed by atoms with E-state index in [1.54, 1.807) is 35.3 Å². The van der Waals surface area contributed by atoms with Gasteiger partial charge in [0, 0.05) is 12.4 Å². The third-order valence-electron chi connectivity index (χ3n) is 2.82. The molecule has 0 saturated carbocycles. The van der Waals surface area contributed by atoms with Gasteiger partial charge in [0.2, 0.25) is 0 Å². The molecule has 0 aliphatic rings. The van der Waals surface area contributed by atoms with E-state index in [4.69, 9.17) is 0 Å². The highest BCUT2D eigenvalue weighted by Crippen LogP contribution is 2.17. The first kappa shape index (κ1) is 11.3. The van der Waals surface area contributed by atoms with E-state index in [0.29, 0.717) is 17.6 Å². The van der Waals surface area contributed by atoms with Gasteiger partial charge >= 0.3 is 5.97 Å². The highest BCUT2D eigenvalue weighted by atomic mass is 16.4. The first-order chi connectivity index (χ1) is 9.25. The maximum Gasteiger partial charge on any atom is 0.337 e. The summed E-state index contributed by atoms with van der Waals surface area (Å²) < 4.78 is 1.58. The van der Waals surface area contributed by atoms with Gasteiger partial charge in [-0.05, 0) is 23.8 Å². The van der Waals surface area contributed by atoms with Crippen molar-refractivity contribution in [3.8, 4) is 0 Å². The van der Waals surface area contributed by atoms with Crippen molar-refractivity contribution in [2.45, 2.75) is 6.54 Å². The summed E-state index contributed by atoms with van der Waals surface area (Å²) in [6, 6.07) is 8.69. The number of hydrogen-bond donors (Lipinski definition) is 1. The standard InChI is InChI=1S/C13H10N4O2/c18-13(19)10-4-1-5-11-12(10)17(16-15-11)8-9-3-2-6-14-7-9/h1-7H,8H2,(H,18,19). The lowest BCUT2D eigenvalue weighted by atomic mass is 10.2. The molecule has 19 heavy (non-hydrogen) atoms. The molecule has 94 valence electrons. The Labute approximate surface area is 108 Å². The second-order valence-corrected chi connectivity index (χ2v) is 4.09. The Morgan fingerprint density at radius 2 is 2.16 bits per heavy atom. The first-order valence-corrected chi connectivity index (χ1v) is 5.70. The lowest BCUT2D eigenvalue weighted by molar-refractivity contribution is 0.0698. The van der Waals surface area contributed by atoms with Crippen LogP contribution in [-0.4, -0.2) is 31.1 Å². The molecule has 0 spiro atoms. The summed E-state index contributed by atoms with van der Waals surface area (Å²) in [4.78, 5) is 15.3. The zero-order valence-electron chi connectivity index (χ0n) is 9.89. The van der Waals surface area contributed by atoms with E-state index in [-0.39, 0.29) is 5.56 Å². The number of rotatable bonds is 3. The Kier molecular flexibility index (Phi) is 2.68. The number of hydrogen-bond acceptors (Lipinski definition) is 4. The van der Waals surface area contributed by atoms with Crippen molar-refractivity contribution in [3.05, 3.63) is 53.9 Å². The summed E-state index contributed by atoms with van der Waals surface area (Å²) in [5, 5.41) is 17.2. The van der Waals surface area contributed by atoms with Gasteiger partial charge in [-0.15, -0.1) is 5.10 Å². The molecule has 1 aromatic carbocycles. The van der Waals surface area contributed by atoms with Crippen molar-refractivity contribution in [1.82, 2.24) is 20.0 Å². The Balaban J connectivity index is 2.12. The lowest BCUT2D eigenvalue weighted by Gasteiger charge is -2.04. The molecule has 0 aliphatic carbocycles. The second kappa shape index (κ2) is 4.49. The Morgan fingerprint density at radius 3 is 2.89 bits per heavy atom. The van der Waals surface area contributed by atoms with Crippen molar-refractivity contribution < 1.29 is 9.90 Å². The molecule has 0 fully saturated rings. The summed E-state index contributed by atoms with van der Waals surface area (Å²) in [5.74, 6) is -0.986. The number of aromatic carboxylic acids is 1. The highest BCUT2D eigenvalue weighted by Gasteiger charge is 2.14. The van der Waals surface area contributed by atoms with Crippen molar-refractivity contribution in [3.63, 3.8) is 0 Å². The van der Waals surface area contributed by atoms with Gasteiger partial charge in [0.1, 0.15) is 11.0 Å². The van der Waals surface area contributed by atoms with Crippen LogP contribution in [0.25, 0.3) is 11.0 Å². The number of aromatic nitrogens is 4. The van der Waals surface area contributed by atoms with Crippen LogP contribution in [0, 0.1) is 0 Å². The number of carboxylic acids is 1. The summed E-state index contributed by atoms with van der Waals surface area (Å²) in [5.41, 5.74) is 2.24. The number of pyridine rings is 1. The number of nitrogens with zero attached hydrogens (tertiary/aromatic N) is 4. The number of fused-ring (bicyclic) bond motifs is 1. The molecule has 2 aromatic heterocycles. The van der Waals surface area contributed by atoms with Gasteiger partial charge in [-0.2, -0.15) is 0 Å². The normalized spacial score (nSPS) is 10.7. The fourth-order valence-electron chi connectivity index (χ4n) is 1.98. The van der Waals surface area contributed by atoms with E-state index >= 15 is 0 Å². The van der Waals surface area contributed by atoms with E-state index < -0.39 is 5.97 Å². The van der Waals surface area contributed by atoms with Crippen molar-refractivity contribution in [1.29, 1.82) is 0 Å². The van der Waals surface area contributed by atoms with Crippen LogP contribution in [0.1, 0.15) is 15.9 Å². The minimum atomic E-state index is -0.986. The predicted octanol–water partition coefficient (Wildman–Crippen LogP) is 1.57. The summed E-state index contributed by atoms with van der Waals surface area (Å²) in [6.07, 6.45) is 3.41. The highest BCUT2D eigenvalue weighted by molar-refractivity contribution is 6.00. The van der Waals surface area contributed by atoms with Crippen LogP contribution in [0.3, 0.4) is 0 Å². The monoisotopic (exact) mass is 254 g/mol. The molecule has 0 unspecified atom stereocenters. The molecule has 0 atom stereocenters. The van der Waals surface area contributed by atoms with Gasteiger partial charge < -0.3 is 5.11 Å². The van der Waals surface area contributed by atoms with E-state index in [1.807, 2.05) is 12.1 Å². The molecule has 0 amide bonds. The van der Waals surface area contributed by atoms with Crippen molar-refractivity contribution >= 4 is 17.0 Å². The average molecular weight is 254 g/mol. The van der Waals surface area contributed by atoms with Crippen molar-refractivity contribution in [2.24, 2.45) is 0 Å². The van der Waals surface area contributed by atoms with E-state index in [2.05, 4.69) is 15.3 Å². The predicted molar refractivity (Wildman–Crippen MR) is 67.8 cm³/mol. The third-order valence-corrected chi connectivity index (χ3v) is 2.82. The molecule has 6 nitrogen and oxygen atoms in total. The molecule has 0 aliphatic heterocycles. The molecule has 0 saturated heterocycles. The van der Waals surface area contributed by atoms with E-state index in [0.717, 1.165) is 5.56 Å². The van der Waals surface area contributed by atoms with Crippen LogP contribution in [0.15, 0.2) is 42.7 Å². The Morgan fingerprint density at radius 1 is 1.26 bits per heavy atom. The minimum absolute atomic E-state index is 0.200. The van der Waals surface area contributed by atoms with Crippen LogP contribution in [0.2, 0.25) is 0 Å². The van der Waals surface area contributed by atoms with Gasteiger partial charge in [0.15, 0.2) is 0 Å². The quantitative estimate of drug-likeness (QED) is 0.767. The van der Waals surface area contributed by atoms with E-state index in [1.165, 1.54) is 0 Å².